The maximum absolute atomic E-state index is 12.6. The fourth-order valence-electron chi connectivity index (χ4n) is 2.89. The molecule has 0 unspecified atom stereocenters. The van der Waals surface area contributed by atoms with Gasteiger partial charge in [-0.25, -0.2) is 0 Å². The molecule has 0 aliphatic rings. The number of benzene rings is 2. The Hall–Kier alpha value is -2.88. The molecule has 0 aliphatic heterocycles. The Balaban J connectivity index is 1.86. The lowest BCUT2D eigenvalue weighted by atomic mass is 10.1. The van der Waals surface area contributed by atoms with Crippen molar-refractivity contribution in [2.24, 2.45) is 0 Å². The molecule has 0 bridgehead atoms. The highest BCUT2D eigenvalue weighted by Crippen LogP contribution is 2.24. The van der Waals surface area contributed by atoms with Gasteiger partial charge in [0.1, 0.15) is 5.75 Å². The van der Waals surface area contributed by atoms with Crippen molar-refractivity contribution in [3.8, 4) is 5.75 Å². The van der Waals surface area contributed by atoms with Gasteiger partial charge in [-0.1, -0.05) is 37.3 Å². The highest BCUT2D eigenvalue weighted by Gasteiger charge is 2.18. The summed E-state index contributed by atoms with van der Waals surface area (Å²) in [5, 5.41) is 0.783. The maximum atomic E-state index is 12.6. The number of aldehydes is 1. The second kappa shape index (κ2) is 6.71. The number of para-hydroxylation sites is 1. The van der Waals surface area contributed by atoms with E-state index in [4.69, 9.17) is 4.74 Å². The van der Waals surface area contributed by atoms with E-state index in [1.807, 2.05) is 48.5 Å². The van der Waals surface area contributed by atoms with Crippen LogP contribution in [0, 0.1) is 6.92 Å². The number of aromatic nitrogens is 1. The van der Waals surface area contributed by atoms with E-state index in [1.165, 1.54) is 5.56 Å². The van der Waals surface area contributed by atoms with Crippen LogP contribution in [0.15, 0.2) is 48.5 Å². The Morgan fingerprint density at radius 1 is 1.12 bits per heavy atom. The molecule has 0 amide bonds. The van der Waals surface area contributed by atoms with Gasteiger partial charge in [-0.05, 0) is 37.1 Å². The Labute approximate surface area is 140 Å². The lowest BCUT2D eigenvalue weighted by Gasteiger charge is -2.09. The van der Waals surface area contributed by atoms with Gasteiger partial charge in [0.2, 0.25) is 0 Å². The first-order valence-electron chi connectivity index (χ1n) is 7.96. The van der Waals surface area contributed by atoms with Crippen molar-refractivity contribution in [2.75, 3.05) is 6.61 Å². The van der Waals surface area contributed by atoms with Crippen LogP contribution in [0.5, 0.6) is 5.75 Å². The predicted molar refractivity (Wildman–Crippen MR) is 94.0 cm³/mol. The van der Waals surface area contributed by atoms with Crippen LogP contribution in [0.3, 0.4) is 0 Å². The summed E-state index contributed by atoms with van der Waals surface area (Å²) >= 11 is 0. The molecule has 0 fully saturated rings. The van der Waals surface area contributed by atoms with Crippen molar-refractivity contribution in [3.63, 3.8) is 0 Å². The van der Waals surface area contributed by atoms with Crippen LogP contribution in [-0.2, 0) is 6.42 Å². The molecule has 3 aromatic rings. The summed E-state index contributed by atoms with van der Waals surface area (Å²) in [4.78, 5) is 24.0. The Morgan fingerprint density at radius 2 is 1.83 bits per heavy atom. The highest BCUT2D eigenvalue weighted by molar-refractivity contribution is 6.04. The molecule has 0 aliphatic carbocycles. The molecule has 0 saturated carbocycles. The summed E-state index contributed by atoms with van der Waals surface area (Å²) in [7, 11) is 0. The zero-order valence-corrected chi connectivity index (χ0v) is 13.8. The zero-order valence-electron chi connectivity index (χ0n) is 13.8. The maximum Gasteiger partial charge on any atom is 0.269 e. The molecule has 24 heavy (non-hydrogen) atoms. The first-order chi connectivity index (χ1) is 11.7. The summed E-state index contributed by atoms with van der Waals surface area (Å²) in [5.74, 6) is 0.460. The van der Waals surface area contributed by atoms with E-state index in [2.05, 4.69) is 6.92 Å². The molecule has 1 heterocycles. The molecule has 4 nitrogen and oxygen atoms in total. The minimum Gasteiger partial charge on any atom is -0.484 e. The third-order valence-electron chi connectivity index (χ3n) is 4.22. The van der Waals surface area contributed by atoms with Crippen LogP contribution in [0.1, 0.15) is 33.3 Å². The molecule has 3 rings (SSSR count). The molecule has 0 N–H and O–H groups in total. The number of hydrogen-bond donors (Lipinski definition) is 0. The summed E-state index contributed by atoms with van der Waals surface area (Å²) in [5.41, 5.74) is 3.14. The number of ether oxygens (including phenoxy) is 1. The molecule has 0 spiro atoms. The largest absolute Gasteiger partial charge is 0.484 e. The quantitative estimate of drug-likeness (QED) is 0.666. The Kier molecular flexibility index (Phi) is 4.47. The molecule has 0 radical (unpaired) electrons. The van der Waals surface area contributed by atoms with E-state index >= 15 is 0 Å². The molecule has 1 aromatic heterocycles. The monoisotopic (exact) mass is 321 g/mol. The smallest absolute Gasteiger partial charge is 0.269 e. The third kappa shape index (κ3) is 2.83. The molecule has 122 valence electrons. The van der Waals surface area contributed by atoms with Crippen LogP contribution < -0.4 is 4.74 Å². The molecular weight excluding hydrogens is 302 g/mol. The molecule has 0 atom stereocenters. The van der Waals surface area contributed by atoms with Gasteiger partial charge in [0, 0.05) is 16.6 Å². The van der Waals surface area contributed by atoms with Crippen LogP contribution in [-0.4, -0.2) is 23.4 Å². The zero-order chi connectivity index (χ0) is 17.1. The van der Waals surface area contributed by atoms with Gasteiger partial charge in [0.05, 0.1) is 5.52 Å². The van der Waals surface area contributed by atoms with Crippen molar-refractivity contribution >= 4 is 23.1 Å². The van der Waals surface area contributed by atoms with Crippen LogP contribution in [0.25, 0.3) is 10.9 Å². The number of nitrogens with zero attached hydrogens (tertiary/aromatic N) is 1. The molecule has 4 heteroatoms. The molecule has 0 saturated heterocycles. The second-order valence-corrected chi connectivity index (χ2v) is 5.65. The minimum atomic E-state index is -0.198. The highest BCUT2D eigenvalue weighted by atomic mass is 16.5. The number of fused-ring (bicyclic) bond motifs is 1. The van der Waals surface area contributed by atoms with Gasteiger partial charge >= 0.3 is 0 Å². The van der Waals surface area contributed by atoms with Crippen molar-refractivity contribution in [3.05, 3.63) is 65.4 Å². The number of hydrogen-bond acceptors (Lipinski definition) is 3. The average Bonchev–Trinajstić information content (AvgIpc) is 2.91. The van der Waals surface area contributed by atoms with E-state index in [0.29, 0.717) is 17.0 Å². The van der Waals surface area contributed by atoms with Crippen molar-refractivity contribution in [2.45, 2.75) is 20.3 Å². The van der Waals surface area contributed by atoms with E-state index in [9.17, 15) is 9.59 Å². The van der Waals surface area contributed by atoms with Gasteiger partial charge < -0.3 is 4.74 Å². The fraction of sp³-hybridized carbons (Fsp3) is 0.200. The summed E-state index contributed by atoms with van der Waals surface area (Å²) < 4.78 is 7.16. The van der Waals surface area contributed by atoms with E-state index in [-0.39, 0.29) is 12.5 Å². The lowest BCUT2D eigenvalue weighted by molar-refractivity contribution is 0.0841. The normalized spacial score (nSPS) is 10.8. The molecule has 2 aromatic carbocycles. The Morgan fingerprint density at radius 3 is 2.50 bits per heavy atom. The van der Waals surface area contributed by atoms with Crippen molar-refractivity contribution in [1.82, 2.24) is 4.57 Å². The first-order valence-corrected chi connectivity index (χ1v) is 7.96. The summed E-state index contributed by atoms with van der Waals surface area (Å²) in [6.45, 7) is 3.78. The number of aryl methyl sites for hydroxylation is 1. The minimum absolute atomic E-state index is 0.0801. The van der Waals surface area contributed by atoms with Crippen LogP contribution in [0.4, 0.5) is 0 Å². The van der Waals surface area contributed by atoms with Crippen molar-refractivity contribution in [1.29, 1.82) is 0 Å². The van der Waals surface area contributed by atoms with E-state index in [0.717, 1.165) is 23.6 Å². The predicted octanol–water partition coefficient (Wildman–Crippen LogP) is 4.04. The van der Waals surface area contributed by atoms with Gasteiger partial charge in [-0.3, -0.25) is 14.2 Å². The summed E-state index contributed by atoms with van der Waals surface area (Å²) in [6.07, 6.45) is 1.76. The van der Waals surface area contributed by atoms with E-state index in [1.54, 1.807) is 11.5 Å². The van der Waals surface area contributed by atoms with Crippen LogP contribution in [0.2, 0.25) is 0 Å². The summed E-state index contributed by atoms with van der Waals surface area (Å²) in [6, 6.07) is 15.1. The Bertz CT molecular complexity index is 891. The number of carbonyl (C=O) groups is 2. The van der Waals surface area contributed by atoms with Gasteiger partial charge in [-0.15, -0.1) is 0 Å². The van der Waals surface area contributed by atoms with Gasteiger partial charge in [0.15, 0.2) is 12.9 Å². The van der Waals surface area contributed by atoms with Crippen molar-refractivity contribution < 1.29 is 14.3 Å². The number of rotatable bonds is 5. The average molecular weight is 321 g/mol. The van der Waals surface area contributed by atoms with Gasteiger partial charge in [-0.2, -0.15) is 0 Å². The topological polar surface area (TPSA) is 48.3 Å². The second-order valence-electron chi connectivity index (χ2n) is 5.65. The fourth-order valence-corrected chi connectivity index (χ4v) is 2.89. The third-order valence-corrected chi connectivity index (χ3v) is 4.22. The van der Waals surface area contributed by atoms with Crippen LogP contribution >= 0.6 is 0 Å². The lowest BCUT2D eigenvalue weighted by Crippen LogP contribution is -2.20. The van der Waals surface area contributed by atoms with Gasteiger partial charge in [0.25, 0.3) is 5.91 Å². The molecular formula is C20H19NO3. The standard InChI is InChI=1S/C20H19NO3/c1-3-15-8-10-16(11-9-15)24-13-20(23)21-14(2)18(12-22)17-6-4-5-7-19(17)21/h4-12H,3,13H2,1-2H3. The number of carbonyl (C=O) groups excluding carboxylic acids is 2. The first kappa shape index (κ1) is 16.0. The SMILES string of the molecule is CCc1ccc(OCC(=O)n2c(C)c(C=O)c3ccccc32)cc1. The van der Waals surface area contributed by atoms with E-state index < -0.39 is 0 Å².